The minimum Gasteiger partial charge on any atom is -0.494 e. The van der Waals surface area contributed by atoms with Crippen LogP contribution in [0.3, 0.4) is 0 Å². The van der Waals surface area contributed by atoms with E-state index in [4.69, 9.17) is 14.2 Å². The van der Waals surface area contributed by atoms with Gasteiger partial charge >= 0.3 is 0 Å². The molecule has 9 heteroatoms. The van der Waals surface area contributed by atoms with Crippen LogP contribution in [-0.2, 0) is 4.74 Å². The standard InChI is InChI=1S/C21H25N3O6/c1-2-29-17-4-6-18(7-5-17)30-12-9-22-21(25)16-3-8-19(20(15-16)24(26)27)23-10-13-28-14-11-23/h3-8,15H,2,9-14H2,1H3,(H,22,25). The van der Waals surface area contributed by atoms with Gasteiger partial charge in [0.2, 0.25) is 0 Å². The third-order valence-electron chi connectivity index (χ3n) is 4.58. The molecule has 0 bridgehead atoms. The predicted molar refractivity (Wildman–Crippen MR) is 112 cm³/mol. The Morgan fingerprint density at radius 1 is 1.13 bits per heavy atom. The van der Waals surface area contributed by atoms with Gasteiger partial charge in [0.15, 0.2) is 0 Å². The summed E-state index contributed by atoms with van der Waals surface area (Å²) < 4.78 is 16.3. The molecule has 1 aliphatic rings. The van der Waals surface area contributed by atoms with Gasteiger partial charge in [-0.05, 0) is 43.3 Å². The Morgan fingerprint density at radius 2 is 1.80 bits per heavy atom. The number of anilines is 1. The molecular weight excluding hydrogens is 390 g/mol. The van der Waals surface area contributed by atoms with Crippen LogP contribution in [0.1, 0.15) is 17.3 Å². The molecule has 1 amide bonds. The molecule has 3 rings (SSSR count). The highest BCUT2D eigenvalue weighted by Gasteiger charge is 2.23. The second kappa shape index (κ2) is 10.4. The molecule has 0 aromatic heterocycles. The molecule has 2 aromatic carbocycles. The average molecular weight is 415 g/mol. The van der Waals surface area contributed by atoms with Gasteiger partial charge in [-0.2, -0.15) is 0 Å². The van der Waals surface area contributed by atoms with E-state index in [1.54, 1.807) is 24.3 Å². The van der Waals surface area contributed by atoms with Crippen molar-refractivity contribution in [1.29, 1.82) is 0 Å². The highest BCUT2D eigenvalue weighted by atomic mass is 16.6. The largest absolute Gasteiger partial charge is 0.494 e. The number of nitro benzene ring substituents is 1. The number of rotatable bonds is 9. The molecule has 0 atom stereocenters. The van der Waals surface area contributed by atoms with E-state index in [0.29, 0.717) is 44.3 Å². The summed E-state index contributed by atoms with van der Waals surface area (Å²) in [5.74, 6) is 1.04. The van der Waals surface area contributed by atoms with Gasteiger partial charge in [-0.1, -0.05) is 0 Å². The van der Waals surface area contributed by atoms with Gasteiger partial charge < -0.3 is 24.4 Å². The van der Waals surface area contributed by atoms with Gasteiger partial charge in [0.1, 0.15) is 23.8 Å². The van der Waals surface area contributed by atoms with Crippen LogP contribution < -0.4 is 19.7 Å². The van der Waals surface area contributed by atoms with Gasteiger partial charge in [-0.3, -0.25) is 14.9 Å². The van der Waals surface area contributed by atoms with Crippen LogP contribution in [0.4, 0.5) is 11.4 Å². The lowest BCUT2D eigenvalue weighted by Crippen LogP contribution is -2.36. The first-order chi connectivity index (χ1) is 14.6. The van der Waals surface area contributed by atoms with Crippen LogP contribution in [-0.4, -0.2) is 56.9 Å². The van der Waals surface area contributed by atoms with Crippen molar-refractivity contribution >= 4 is 17.3 Å². The Kier molecular flexibility index (Phi) is 7.45. The van der Waals surface area contributed by atoms with Gasteiger partial charge in [0.05, 0.1) is 31.3 Å². The minimum absolute atomic E-state index is 0.0878. The van der Waals surface area contributed by atoms with E-state index in [-0.39, 0.29) is 30.3 Å². The number of benzene rings is 2. The fourth-order valence-corrected chi connectivity index (χ4v) is 3.12. The first-order valence-electron chi connectivity index (χ1n) is 9.83. The van der Waals surface area contributed by atoms with Gasteiger partial charge in [0.25, 0.3) is 11.6 Å². The monoisotopic (exact) mass is 415 g/mol. The number of carbonyl (C=O) groups excluding carboxylic acids is 1. The van der Waals surface area contributed by atoms with Crippen molar-refractivity contribution in [1.82, 2.24) is 5.32 Å². The van der Waals surface area contributed by atoms with E-state index >= 15 is 0 Å². The summed E-state index contributed by atoms with van der Waals surface area (Å²) in [6.07, 6.45) is 0. The Labute approximate surface area is 174 Å². The van der Waals surface area contributed by atoms with Gasteiger partial charge in [-0.25, -0.2) is 0 Å². The van der Waals surface area contributed by atoms with Crippen LogP contribution in [0, 0.1) is 10.1 Å². The first kappa shape index (κ1) is 21.4. The van der Waals surface area contributed by atoms with E-state index in [1.807, 2.05) is 24.0 Å². The summed E-state index contributed by atoms with van der Waals surface area (Å²) in [6.45, 7) is 5.25. The van der Waals surface area contributed by atoms with Crippen molar-refractivity contribution < 1.29 is 23.9 Å². The van der Waals surface area contributed by atoms with Crippen LogP contribution >= 0.6 is 0 Å². The summed E-state index contributed by atoms with van der Waals surface area (Å²) in [4.78, 5) is 25.3. The van der Waals surface area contributed by atoms with Crippen molar-refractivity contribution in [3.05, 3.63) is 58.1 Å². The summed E-state index contributed by atoms with van der Waals surface area (Å²) >= 11 is 0. The van der Waals surface area contributed by atoms with E-state index in [9.17, 15) is 14.9 Å². The molecule has 160 valence electrons. The Hall–Kier alpha value is -3.33. The quantitative estimate of drug-likeness (QED) is 0.381. The summed E-state index contributed by atoms with van der Waals surface area (Å²) in [7, 11) is 0. The topological polar surface area (TPSA) is 103 Å². The van der Waals surface area contributed by atoms with Crippen molar-refractivity contribution in [2.75, 3.05) is 51.0 Å². The van der Waals surface area contributed by atoms with Crippen molar-refractivity contribution in [3.63, 3.8) is 0 Å². The lowest BCUT2D eigenvalue weighted by Gasteiger charge is -2.28. The molecule has 1 saturated heterocycles. The Balaban J connectivity index is 1.54. The lowest BCUT2D eigenvalue weighted by molar-refractivity contribution is -0.384. The molecule has 1 fully saturated rings. The van der Waals surface area contributed by atoms with Crippen molar-refractivity contribution in [2.45, 2.75) is 6.92 Å². The van der Waals surface area contributed by atoms with Gasteiger partial charge in [-0.15, -0.1) is 0 Å². The first-order valence-corrected chi connectivity index (χ1v) is 9.83. The molecule has 0 saturated carbocycles. The zero-order chi connectivity index (χ0) is 21.3. The number of ether oxygens (including phenoxy) is 3. The number of nitrogens with zero attached hydrogens (tertiary/aromatic N) is 2. The zero-order valence-electron chi connectivity index (χ0n) is 16.8. The number of nitrogens with one attached hydrogen (secondary N) is 1. The molecule has 0 spiro atoms. The number of hydrogen-bond acceptors (Lipinski definition) is 7. The maximum Gasteiger partial charge on any atom is 0.293 e. The van der Waals surface area contributed by atoms with E-state index in [1.165, 1.54) is 6.07 Å². The molecule has 1 heterocycles. The van der Waals surface area contributed by atoms with Crippen LogP contribution in [0.15, 0.2) is 42.5 Å². The predicted octanol–water partition coefficient (Wildman–Crippen LogP) is 2.64. The minimum atomic E-state index is -0.462. The van der Waals surface area contributed by atoms with Crippen molar-refractivity contribution in [2.24, 2.45) is 0 Å². The maximum absolute atomic E-state index is 12.4. The summed E-state index contributed by atoms with van der Waals surface area (Å²) in [6, 6.07) is 11.7. The third-order valence-corrected chi connectivity index (χ3v) is 4.58. The van der Waals surface area contributed by atoms with Crippen molar-refractivity contribution in [3.8, 4) is 11.5 Å². The number of nitro groups is 1. The fraction of sp³-hybridized carbons (Fsp3) is 0.381. The molecule has 1 N–H and O–H groups in total. The van der Waals surface area contributed by atoms with Crippen LogP contribution in [0.25, 0.3) is 0 Å². The molecule has 9 nitrogen and oxygen atoms in total. The molecule has 0 radical (unpaired) electrons. The smallest absolute Gasteiger partial charge is 0.293 e. The highest BCUT2D eigenvalue weighted by molar-refractivity contribution is 5.95. The number of morpholine rings is 1. The lowest BCUT2D eigenvalue weighted by atomic mass is 10.1. The zero-order valence-corrected chi connectivity index (χ0v) is 16.8. The SMILES string of the molecule is CCOc1ccc(OCCNC(=O)c2ccc(N3CCOCC3)c([N+](=O)[O-])c2)cc1. The van der Waals surface area contributed by atoms with Gasteiger partial charge in [0, 0.05) is 24.7 Å². The second-order valence-electron chi connectivity index (χ2n) is 6.57. The number of hydrogen-bond donors (Lipinski definition) is 1. The molecule has 1 aliphatic heterocycles. The summed E-state index contributed by atoms with van der Waals surface area (Å²) in [5, 5.41) is 14.2. The highest BCUT2D eigenvalue weighted by Crippen LogP contribution is 2.30. The average Bonchev–Trinajstić information content (AvgIpc) is 2.78. The summed E-state index contributed by atoms with van der Waals surface area (Å²) in [5.41, 5.74) is 0.647. The molecule has 2 aromatic rings. The Bertz CT molecular complexity index is 866. The molecule has 0 unspecified atom stereocenters. The molecular formula is C21H25N3O6. The normalized spacial score (nSPS) is 13.6. The maximum atomic E-state index is 12.4. The van der Waals surface area contributed by atoms with E-state index < -0.39 is 4.92 Å². The number of amides is 1. The Morgan fingerprint density at radius 3 is 2.43 bits per heavy atom. The van der Waals surface area contributed by atoms with Crippen LogP contribution in [0.2, 0.25) is 0 Å². The van der Waals surface area contributed by atoms with E-state index in [2.05, 4.69) is 5.32 Å². The second-order valence-corrected chi connectivity index (χ2v) is 6.57. The fourth-order valence-electron chi connectivity index (χ4n) is 3.12. The number of carbonyl (C=O) groups is 1. The molecule has 0 aliphatic carbocycles. The molecule has 30 heavy (non-hydrogen) atoms. The third kappa shape index (κ3) is 5.60. The van der Waals surface area contributed by atoms with E-state index in [0.717, 1.165) is 5.75 Å². The van der Waals surface area contributed by atoms with Crippen LogP contribution in [0.5, 0.6) is 11.5 Å².